The second-order valence-corrected chi connectivity index (χ2v) is 8.69. The zero-order valence-electron chi connectivity index (χ0n) is 17.8. The van der Waals surface area contributed by atoms with Gasteiger partial charge in [0.05, 0.1) is 18.7 Å². The van der Waals surface area contributed by atoms with Crippen LogP contribution in [-0.4, -0.2) is 16.8 Å². The van der Waals surface area contributed by atoms with Crippen molar-refractivity contribution in [1.82, 2.24) is 0 Å². The lowest BCUT2D eigenvalue weighted by Crippen LogP contribution is -2.41. The largest absolute Gasteiger partial charge is 0.375 e. The second kappa shape index (κ2) is 7.95. The molecule has 0 saturated heterocycles. The van der Waals surface area contributed by atoms with Gasteiger partial charge >= 0.3 is 0 Å². The van der Waals surface area contributed by atoms with Gasteiger partial charge in [-0.2, -0.15) is 0 Å². The Hall–Kier alpha value is -2.95. The standard InChI is InChI=1S/C26H24ClNO3/c1-16-8-10-21(18(3)12-16)24(29)14-26(31)22-13-20(27)9-11-23(22)28(25(26)30)15-19-7-5-4-6-17(19)2/h4-13,31H,14-15H2,1-3H3. The fourth-order valence-corrected chi connectivity index (χ4v) is 4.43. The molecule has 158 valence electrons. The Labute approximate surface area is 187 Å². The Kier molecular flexibility index (Phi) is 5.46. The van der Waals surface area contributed by atoms with Crippen molar-refractivity contribution >= 4 is 29.0 Å². The topological polar surface area (TPSA) is 57.6 Å². The van der Waals surface area contributed by atoms with E-state index in [1.807, 2.05) is 57.2 Å². The SMILES string of the molecule is Cc1ccc(C(=O)CC2(O)C(=O)N(Cc3ccccc3C)c3ccc(Cl)cc32)c(C)c1. The maximum atomic E-state index is 13.5. The monoisotopic (exact) mass is 433 g/mol. The van der Waals surface area contributed by atoms with Gasteiger partial charge in [-0.25, -0.2) is 0 Å². The van der Waals surface area contributed by atoms with E-state index in [9.17, 15) is 14.7 Å². The van der Waals surface area contributed by atoms with E-state index in [2.05, 4.69) is 0 Å². The number of aryl methyl sites for hydroxylation is 3. The highest BCUT2D eigenvalue weighted by molar-refractivity contribution is 6.31. The number of ketones is 1. The molecule has 5 heteroatoms. The maximum Gasteiger partial charge on any atom is 0.264 e. The summed E-state index contributed by atoms with van der Waals surface area (Å²) in [5, 5.41) is 12.0. The number of anilines is 1. The molecule has 0 fully saturated rings. The van der Waals surface area contributed by atoms with Crippen molar-refractivity contribution in [2.45, 2.75) is 39.3 Å². The predicted octanol–water partition coefficient (Wildman–Crippen LogP) is 5.27. The number of Topliss-reactive ketones (excluding diaryl/α,β-unsaturated/α-hetero) is 1. The minimum atomic E-state index is -1.96. The van der Waals surface area contributed by atoms with Gasteiger partial charge in [0.1, 0.15) is 0 Å². The third kappa shape index (κ3) is 3.78. The van der Waals surface area contributed by atoms with Gasteiger partial charge in [-0.05, 0) is 55.7 Å². The van der Waals surface area contributed by atoms with E-state index < -0.39 is 11.5 Å². The van der Waals surface area contributed by atoms with Crippen LogP contribution in [-0.2, 0) is 16.9 Å². The zero-order valence-corrected chi connectivity index (χ0v) is 18.5. The summed E-state index contributed by atoms with van der Waals surface area (Å²) in [5.74, 6) is -0.789. The lowest BCUT2D eigenvalue weighted by atomic mass is 9.87. The van der Waals surface area contributed by atoms with Crippen molar-refractivity contribution in [3.63, 3.8) is 0 Å². The van der Waals surface area contributed by atoms with Crippen LogP contribution >= 0.6 is 11.6 Å². The first-order valence-corrected chi connectivity index (χ1v) is 10.6. The lowest BCUT2D eigenvalue weighted by Gasteiger charge is -2.23. The molecule has 1 atom stereocenters. The molecule has 1 unspecified atom stereocenters. The van der Waals surface area contributed by atoms with Gasteiger partial charge in [0.15, 0.2) is 11.4 Å². The molecule has 3 aromatic rings. The third-order valence-corrected chi connectivity index (χ3v) is 6.22. The molecule has 4 rings (SSSR count). The number of hydrogen-bond acceptors (Lipinski definition) is 3. The molecular weight excluding hydrogens is 410 g/mol. The first-order valence-electron chi connectivity index (χ1n) is 10.2. The van der Waals surface area contributed by atoms with Gasteiger partial charge < -0.3 is 10.0 Å². The highest BCUT2D eigenvalue weighted by Gasteiger charge is 2.51. The average molecular weight is 434 g/mol. The molecule has 1 aliphatic heterocycles. The Morgan fingerprint density at radius 2 is 1.74 bits per heavy atom. The van der Waals surface area contributed by atoms with Crippen molar-refractivity contribution in [1.29, 1.82) is 0 Å². The number of fused-ring (bicyclic) bond motifs is 1. The molecule has 0 saturated carbocycles. The van der Waals surface area contributed by atoms with E-state index in [-0.39, 0.29) is 12.2 Å². The van der Waals surface area contributed by atoms with E-state index in [0.717, 1.165) is 22.3 Å². The summed E-state index contributed by atoms with van der Waals surface area (Å²) in [6.45, 7) is 6.10. The molecule has 0 spiro atoms. The van der Waals surface area contributed by atoms with Gasteiger partial charge in [-0.1, -0.05) is 59.6 Å². The van der Waals surface area contributed by atoms with Crippen LogP contribution in [0.15, 0.2) is 60.7 Å². The quantitative estimate of drug-likeness (QED) is 0.557. The number of hydrogen-bond donors (Lipinski definition) is 1. The lowest BCUT2D eigenvalue weighted by molar-refractivity contribution is -0.136. The molecule has 3 aromatic carbocycles. The minimum absolute atomic E-state index is 0.281. The number of rotatable bonds is 5. The van der Waals surface area contributed by atoms with Crippen LogP contribution in [0.3, 0.4) is 0 Å². The molecule has 1 aliphatic rings. The summed E-state index contributed by atoms with van der Waals surface area (Å²) in [5.41, 5.74) is 3.39. The summed E-state index contributed by atoms with van der Waals surface area (Å²) >= 11 is 6.20. The van der Waals surface area contributed by atoms with Crippen LogP contribution in [0.1, 0.15) is 44.6 Å². The summed E-state index contributed by atoms with van der Waals surface area (Å²) in [4.78, 5) is 28.2. The van der Waals surface area contributed by atoms with Crippen LogP contribution < -0.4 is 4.90 Å². The molecular formula is C26H24ClNO3. The molecule has 0 bridgehead atoms. The molecule has 31 heavy (non-hydrogen) atoms. The third-order valence-electron chi connectivity index (χ3n) is 5.98. The van der Waals surface area contributed by atoms with Gasteiger partial charge in [0, 0.05) is 16.1 Å². The van der Waals surface area contributed by atoms with Crippen LogP contribution in [0.2, 0.25) is 5.02 Å². The fourth-order valence-electron chi connectivity index (χ4n) is 4.26. The number of carbonyl (C=O) groups excluding carboxylic acids is 2. The van der Waals surface area contributed by atoms with E-state index in [0.29, 0.717) is 28.4 Å². The van der Waals surface area contributed by atoms with Crippen molar-refractivity contribution in [3.8, 4) is 0 Å². The number of carbonyl (C=O) groups is 2. The molecule has 1 amide bonds. The Morgan fingerprint density at radius 1 is 1.00 bits per heavy atom. The summed E-state index contributed by atoms with van der Waals surface area (Å²) < 4.78 is 0. The number of halogens is 1. The summed E-state index contributed by atoms with van der Waals surface area (Å²) in [6, 6.07) is 18.3. The van der Waals surface area contributed by atoms with E-state index in [4.69, 9.17) is 11.6 Å². The summed E-state index contributed by atoms with van der Waals surface area (Å²) in [7, 11) is 0. The second-order valence-electron chi connectivity index (χ2n) is 8.26. The normalized spacial score (nSPS) is 17.7. The predicted molar refractivity (Wildman–Crippen MR) is 123 cm³/mol. The van der Waals surface area contributed by atoms with E-state index >= 15 is 0 Å². The zero-order chi connectivity index (χ0) is 22.3. The minimum Gasteiger partial charge on any atom is -0.375 e. The van der Waals surface area contributed by atoms with Crippen LogP contribution in [0, 0.1) is 20.8 Å². The van der Waals surface area contributed by atoms with Crippen molar-refractivity contribution in [2.24, 2.45) is 0 Å². The van der Waals surface area contributed by atoms with E-state index in [1.54, 1.807) is 29.2 Å². The molecule has 4 nitrogen and oxygen atoms in total. The fraction of sp³-hybridized carbons (Fsp3) is 0.231. The van der Waals surface area contributed by atoms with Crippen LogP contribution in [0.4, 0.5) is 5.69 Å². The van der Waals surface area contributed by atoms with Gasteiger partial charge in [0.25, 0.3) is 5.91 Å². The van der Waals surface area contributed by atoms with Crippen molar-refractivity contribution < 1.29 is 14.7 Å². The first-order chi connectivity index (χ1) is 14.7. The van der Waals surface area contributed by atoms with Crippen LogP contribution in [0.25, 0.3) is 0 Å². The summed E-state index contributed by atoms with van der Waals surface area (Å²) in [6.07, 6.45) is -0.340. The Morgan fingerprint density at radius 3 is 2.45 bits per heavy atom. The van der Waals surface area contributed by atoms with Crippen molar-refractivity contribution in [3.05, 3.63) is 99.1 Å². The number of amides is 1. The van der Waals surface area contributed by atoms with E-state index in [1.165, 1.54) is 0 Å². The number of nitrogens with zero attached hydrogens (tertiary/aromatic N) is 1. The Balaban J connectivity index is 1.73. The van der Waals surface area contributed by atoms with Crippen molar-refractivity contribution in [2.75, 3.05) is 4.90 Å². The van der Waals surface area contributed by atoms with Gasteiger partial charge in [-0.15, -0.1) is 0 Å². The maximum absolute atomic E-state index is 13.5. The van der Waals surface area contributed by atoms with Gasteiger partial charge in [-0.3, -0.25) is 9.59 Å². The molecule has 0 aromatic heterocycles. The molecule has 1 N–H and O–H groups in total. The highest BCUT2D eigenvalue weighted by Crippen LogP contribution is 2.45. The first kappa shape index (κ1) is 21.3. The molecule has 0 aliphatic carbocycles. The highest BCUT2D eigenvalue weighted by atomic mass is 35.5. The molecule has 0 radical (unpaired) electrons. The van der Waals surface area contributed by atoms with Crippen LogP contribution in [0.5, 0.6) is 0 Å². The number of benzene rings is 3. The van der Waals surface area contributed by atoms with Gasteiger partial charge in [0.2, 0.25) is 0 Å². The average Bonchev–Trinajstić information content (AvgIpc) is 2.91. The molecule has 1 heterocycles. The number of aliphatic hydroxyl groups is 1. The Bertz CT molecular complexity index is 1200. The smallest absolute Gasteiger partial charge is 0.264 e.